The monoisotopic (exact) mass is 276 g/mol. The molecular weight excluding hydrogens is 244 g/mol. The lowest BCUT2D eigenvalue weighted by atomic mass is 9.59. The fraction of sp³-hybridized carbons (Fsp3) is 0.667. The Kier molecular flexibility index (Phi) is 5.64. The number of rotatable bonds is 7. The van der Waals surface area contributed by atoms with Crippen molar-refractivity contribution in [1.29, 1.82) is 0 Å². The third-order valence-electron chi connectivity index (χ3n) is 5.26. The topological polar surface area (TPSA) is 29.3 Å². The first-order valence-electron chi connectivity index (χ1n) is 7.72. The smallest absolute Gasteiger partial charge is 0.0400 e. The van der Waals surface area contributed by atoms with Gasteiger partial charge in [0.2, 0.25) is 0 Å². The van der Waals surface area contributed by atoms with Crippen molar-refractivity contribution in [2.45, 2.75) is 46.5 Å². The molecule has 0 saturated heterocycles. The van der Waals surface area contributed by atoms with Crippen molar-refractivity contribution in [1.82, 2.24) is 4.90 Å². The third kappa shape index (κ3) is 3.35. The first-order valence-corrected chi connectivity index (χ1v) is 7.72. The normalized spacial score (nSPS) is 21.8. The fourth-order valence-electron chi connectivity index (χ4n) is 3.38. The Hall–Kier alpha value is -1.02. The summed E-state index contributed by atoms with van der Waals surface area (Å²) in [4.78, 5) is 2.14. The van der Waals surface area contributed by atoms with Gasteiger partial charge in [0.1, 0.15) is 0 Å². The zero-order valence-corrected chi connectivity index (χ0v) is 13.6. The lowest BCUT2D eigenvalue weighted by molar-refractivity contribution is 0.0671. The van der Waals surface area contributed by atoms with Crippen LogP contribution < -0.4 is 5.73 Å². The van der Waals surface area contributed by atoms with Crippen LogP contribution in [-0.4, -0.2) is 18.0 Å². The molecule has 0 aromatic rings. The highest BCUT2D eigenvalue weighted by Gasteiger charge is 2.44. The van der Waals surface area contributed by atoms with Crippen molar-refractivity contribution in [2.75, 3.05) is 13.1 Å². The highest BCUT2D eigenvalue weighted by Crippen LogP contribution is 2.53. The molecule has 1 unspecified atom stereocenters. The Morgan fingerprint density at radius 2 is 1.80 bits per heavy atom. The molecule has 2 nitrogen and oxygen atoms in total. The van der Waals surface area contributed by atoms with E-state index in [1.807, 2.05) is 12.3 Å². The lowest BCUT2D eigenvalue weighted by Crippen LogP contribution is -2.44. The van der Waals surface area contributed by atoms with Gasteiger partial charge in [-0.05, 0) is 49.8 Å². The number of nitrogens with two attached hydrogens (primary N) is 1. The zero-order chi connectivity index (χ0) is 15.4. The molecule has 0 spiro atoms. The molecule has 0 radical (unpaired) electrons. The molecule has 0 aromatic heterocycles. The van der Waals surface area contributed by atoms with E-state index in [0.29, 0.717) is 17.9 Å². The van der Waals surface area contributed by atoms with E-state index in [9.17, 15) is 0 Å². The van der Waals surface area contributed by atoms with Crippen molar-refractivity contribution < 1.29 is 0 Å². The second-order valence-corrected chi connectivity index (χ2v) is 7.03. The summed E-state index contributed by atoms with van der Waals surface area (Å²) < 4.78 is 0. The molecule has 1 saturated carbocycles. The molecule has 0 aromatic carbocycles. The van der Waals surface area contributed by atoms with Gasteiger partial charge in [0.05, 0.1) is 0 Å². The van der Waals surface area contributed by atoms with Gasteiger partial charge in [-0.1, -0.05) is 40.0 Å². The summed E-state index contributed by atoms with van der Waals surface area (Å²) in [5, 5.41) is 0. The van der Waals surface area contributed by atoms with Crippen LogP contribution in [0.25, 0.3) is 0 Å². The molecule has 1 atom stereocenters. The van der Waals surface area contributed by atoms with E-state index in [-0.39, 0.29) is 5.41 Å². The molecule has 0 aliphatic heterocycles. The van der Waals surface area contributed by atoms with Gasteiger partial charge < -0.3 is 10.6 Å². The van der Waals surface area contributed by atoms with E-state index >= 15 is 0 Å². The molecule has 0 heterocycles. The Morgan fingerprint density at radius 3 is 2.20 bits per heavy atom. The van der Waals surface area contributed by atoms with Gasteiger partial charge in [0.15, 0.2) is 0 Å². The molecule has 0 bridgehead atoms. The zero-order valence-electron chi connectivity index (χ0n) is 13.6. The minimum atomic E-state index is 0.113. The van der Waals surface area contributed by atoms with Crippen molar-refractivity contribution in [3.63, 3.8) is 0 Å². The second kappa shape index (κ2) is 6.62. The SMILES string of the molecule is C=CCN(C=C)C(=C)C1(C(C)CN)CCC(C)(C)CC1. The van der Waals surface area contributed by atoms with Gasteiger partial charge in [-0.25, -0.2) is 0 Å². The summed E-state index contributed by atoms with van der Waals surface area (Å²) in [5.41, 5.74) is 7.72. The molecule has 1 aliphatic rings. The molecule has 1 rings (SSSR count). The minimum absolute atomic E-state index is 0.113. The summed E-state index contributed by atoms with van der Waals surface area (Å²) in [6.07, 6.45) is 8.57. The predicted molar refractivity (Wildman–Crippen MR) is 89.1 cm³/mol. The standard InChI is InChI=1S/C18H32N2/c1-7-13-20(8-2)16(4)18(15(3)14-19)11-9-17(5,6)10-12-18/h7-8,15H,1-2,4,9-14,19H2,3,5-6H3. The third-order valence-corrected chi connectivity index (χ3v) is 5.26. The van der Waals surface area contributed by atoms with Gasteiger partial charge >= 0.3 is 0 Å². The fourth-order valence-corrected chi connectivity index (χ4v) is 3.38. The van der Waals surface area contributed by atoms with E-state index in [4.69, 9.17) is 5.73 Å². The van der Waals surface area contributed by atoms with Crippen molar-refractivity contribution in [2.24, 2.45) is 22.5 Å². The van der Waals surface area contributed by atoms with Crippen LogP contribution in [0.5, 0.6) is 0 Å². The molecule has 1 fully saturated rings. The van der Waals surface area contributed by atoms with Gasteiger partial charge in [-0.15, -0.1) is 6.58 Å². The average molecular weight is 276 g/mol. The molecule has 0 amide bonds. The molecular formula is C18H32N2. The number of hydrogen-bond acceptors (Lipinski definition) is 2. The average Bonchev–Trinajstić information content (AvgIpc) is 2.43. The summed E-state index contributed by atoms with van der Waals surface area (Å²) in [6, 6.07) is 0. The van der Waals surface area contributed by atoms with E-state index in [0.717, 1.165) is 6.54 Å². The first-order chi connectivity index (χ1) is 9.33. The number of allylic oxidation sites excluding steroid dienone is 1. The summed E-state index contributed by atoms with van der Waals surface area (Å²) >= 11 is 0. The van der Waals surface area contributed by atoms with Gasteiger partial charge in [0.25, 0.3) is 0 Å². The predicted octanol–water partition coefficient (Wildman–Crippen LogP) is 4.31. The Morgan fingerprint density at radius 1 is 1.25 bits per heavy atom. The maximum atomic E-state index is 6.00. The quantitative estimate of drug-likeness (QED) is 0.702. The maximum absolute atomic E-state index is 6.00. The molecule has 20 heavy (non-hydrogen) atoms. The summed E-state index contributed by atoms with van der Waals surface area (Å²) in [6.45, 7) is 20.6. The number of nitrogens with zero attached hydrogens (tertiary/aromatic N) is 1. The maximum Gasteiger partial charge on any atom is 0.0400 e. The van der Waals surface area contributed by atoms with E-state index in [1.165, 1.54) is 31.4 Å². The molecule has 1 aliphatic carbocycles. The Balaban J connectivity index is 3.03. The largest absolute Gasteiger partial charge is 0.348 e. The molecule has 114 valence electrons. The van der Waals surface area contributed by atoms with Crippen LogP contribution in [0.3, 0.4) is 0 Å². The van der Waals surface area contributed by atoms with Crippen molar-refractivity contribution >= 4 is 0 Å². The van der Waals surface area contributed by atoms with Crippen LogP contribution >= 0.6 is 0 Å². The second-order valence-electron chi connectivity index (χ2n) is 7.03. The van der Waals surface area contributed by atoms with Gasteiger partial charge in [-0.2, -0.15) is 0 Å². The van der Waals surface area contributed by atoms with Crippen LogP contribution in [0.15, 0.2) is 37.7 Å². The minimum Gasteiger partial charge on any atom is -0.348 e. The highest BCUT2D eigenvalue weighted by atomic mass is 15.1. The first kappa shape index (κ1) is 17.0. The van der Waals surface area contributed by atoms with E-state index in [1.54, 1.807) is 0 Å². The van der Waals surface area contributed by atoms with Gasteiger partial charge in [-0.3, -0.25) is 0 Å². The highest BCUT2D eigenvalue weighted by molar-refractivity contribution is 5.17. The van der Waals surface area contributed by atoms with Crippen molar-refractivity contribution in [3.8, 4) is 0 Å². The Labute approximate surface area is 125 Å². The van der Waals surface area contributed by atoms with Crippen LogP contribution in [0.2, 0.25) is 0 Å². The van der Waals surface area contributed by atoms with Crippen LogP contribution in [-0.2, 0) is 0 Å². The Bertz CT molecular complexity index is 358. The van der Waals surface area contributed by atoms with E-state index < -0.39 is 0 Å². The van der Waals surface area contributed by atoms with Crippen LogP contribution in [0.1, 0.15) is 46.5 Å². The molecule has 2 N–H and O–H groups in total. The summed E-state index contributed by atoms with van der Waals surface area (Å²) in [7, 11) is 0. The lowest BCUT2D eigenvalue weighted by Gasteiger charge is -2.50. The van der Waals surface area contributed by atoms with Crippen LogP contribution in [0.4, 0.5) is 0 Å². The van der Waals surface area contributed by atoms with Crippen LogP contribution in [0, 0.1) is 16.7 Å². The van der Waals surface area contributed by atoms with Crippen molar-refractivity contribution in [3.05, 3.63) is 37.7 Å². The van der Waals surface area contributed by atoms with E-state index in [2.05, 4.69) is 45.4 Å². The number of hydrogen-bond donors (Lipinski definition) is 1. The molecule has 2 heteroatoms. The summed E-state index contributed by atoms with van der Waals surface area (Å²) in [5.74, 6) is 0.443. The van der Waals surface area contributed by atoms with Gasteiger partial charge in [0, 0.05) is 17.7 Å².